The number of fused-ring (bicyclic) bond motifs is 1. The van der Waals surface area contributed by atoms with E-state index in [1.807, 2.05) is 10.5 Å². The minimum absolute atomic E-state index is 0.105. The third kappa shape index (κ3) is 3.04. The lowest BCUT2D eigenvalue weighted by Crippen LogP contribution is -2.18. The molecule has 2 aromatic rings. The molecule has 0 aliphatic rings. The number of halogens is 1. The van der Waals surface area contributed by atoms with Gasteiger partial charge in [0.2, 0.25) is 0 Å². The maximum absolute atomic E-state index is 11.5. The Labute approximate surface area is 122 Å². The standard InChI is InChI=1S/C14H18ClN3O2/c1-4-20-12(19)7-16-14-13(9(2)3)17-11-6-5-10(15)8-18(11)14/h5-6,8-9,16H,4,7H2,1-3H3. The summed E-state index contributed by atoms with van der Waals surface area (Å²) in [6.45, 7) is 6.37. The average Bonchev–Trinajstić information content (AvgIpc) is 2.75. The van der Waals surface area contributed by atoms with Gasteiger partial charge in [0.05, 0.1) is 17.3 Å². The first-order chi connectivity index (χ1) is 9.52. The summed E-state index contributed by atoms with van der Waals surface area (Å²) in [7, 11) is 0. The van der Waals surface area contributed by atoms with Gasteiger partial charge in [-0.05, 0) is 25.0 Å². The first kappa shape index (κ1) is 14.7. The molecule has 2 aromatic heterocycles. The van der Waals surface area contributed by atoms with Crippen LogP contribution in [0.15, 0.2) is 18.3 Å². The lowest BCUT2D eigenvalue weighted by molar-refractivity contribution is -0.140. The molecule has 20 heavy (non-hydrogen) atoms. The van der Waals surface area contributed by atoms with E-state index in [0.29, 0.717) is 11.6 Å². The van der Waals surface area contributed by atoms with Gasteiger partial charge >= 0.3 is 5.97 Å². The SMILES string of the molecule is CCOC(=O)CNc1c(C(C)C)nc2ccc(Cl)cn12. The Balaban J connectivity index is 2.35. The summed E-state index contributed by atoms with van der Waals surface area (Å²) in [5.74, 6) is 0.725. The summed E-state index contributed by atoms with van der Waals surface area (Å²) in [5, 5.41) is 3.71. The quantitative estimate of drug-likeness (QED) is 0.861. The van der Waals surface area contributed by atoms with Crippen molar-refractivity contribution >= 4 is 29.0 Å². The van der Waals surface area contributed by atoms with Crippen molar-refractivity contribution in [3.05, 3.63) is 29.0 Å². The zero-order valence-electron chi connectivity index (χ0n) is 11.8. The number of nitrogens with one attached hydrogen (secondary N) is 1. The van der Waals surface area contributed by atoms with Crippen molar-refractivity contribution in [1.29, 1.82) is 0 Å². The molecular weight excluding hydrogens is 278 g/mol. The summed E-state index contributed by atoms with van der Waals surface area (Å²) >= 11 is 6.02. The highest BCUT2D eigenvalue weighted by Crippen LogP contribution is 2.26. The van der Waals surface area contributed by atoms with Crippen molar-refractivity contribution < 1.29 is 9.53 Å². The summed E-state index contributed by atoms with van der Waals surface area (Å²) in [6, 6.07) is 3.65. The molecule has 0 aromatic carbocycles. The number of nitrogens with zero attached hydrogens (tertiary/aromatic N) is 2. The van der Waals surface area contributed by atoms with Gasteiger partial charge in [-0.2, -0.15) is 0 Å². The fourth-order valence-corrected chi connectivity index (χ4v) is 2.14. The molecule has 1 N–H and O–H groups in total. The molecule has 0 fully saturated rings. The second kappa shape index (κ2) is 6.13. The maximum atomic E-state index is 11.5. The molecule has 0 unspecified atom stereocenters. The van der Waals surface area contributed by atoms with Gasteiger partial charge in [0, 0.05) is 6.20 Å². The average molecular weight is 296 g/mol. The molecule has 0 saturated carbocycles. The lowest BCUT2D eigenvalue weighted by Gasteiger charge is -2.10. The minimum Gasteiger partial charge on any atom is -0.465 e. The molecular formula is C14H18ClN3O2. The number of hydrogen-bond donors (Lipinski definition) is 1. The monoisotopic (exact) mass is 295 g/mol. The van der Waals surface area contributed by atoms with E-state index in [1.165, 1.54) is 0 Å². The maximum Gasteiger partial charge on any atom is 0.325 e. The minimum atomic E-state index is -0.292. The summed E-state index contributed by atoms with van der Waals surface area (Å²) in [5.41, 5.74) is 1.70. The van der Waals surface area contributed by atoms with Crippen molar-refractivity contribution in [3.63, 3.8) is 0 Å². The van der Waals surface area contributed by atoms with Crippen molar-refractivity contribution in [2.75, 3.05) is 18.5 Å². The normalized spacial score (nSPS) is 11.1. The summed E-state index contributed by atoms with van der Waals surface area (Å²) in [6.07, 6.45) is 1.78. The largest absolute Gasteiger partial charge is 0.465 e. The Hall–Kier alpha value is -1.75. The number of hydrogen-bond acceptors (Lipinski definition) is 4. The number of esters is 1. The van der Waals surface area contributed by atoms with Gasteiger partial charge in [-0.3, -0.25) is 9.20 Å². The van der Waals surface area contributed by atoms with E-state index in [2.05, 4.69) is 24.1 Å². The van der Waals surface area contributed by atoms with Crippen LogP contribution in [0.5, 0.6) is 0 Å². The molecule has 108 valence electrons. The van der Waals surface area contributed by atoms with Crippen LogP contribution in [0, 0.1) is 0 Å². The molecule has 2 rings (SSSR count). The van der Waals surface area contributed by atoms with Gasteiger partial charge in [-0.1, -0.05) is 25.4 Å². The topological polar surface area (TPSA) is 55.6 Å². The molecule has 0 aliphatic heterocycles. The number of carbonyl (C=O) groups is 1. The number of aromatic nitrogens is 2. The van der Waals surface area contributed by atoms with Crippen molar-refractivity contribution in [2.24, 2.45) is 0 Å². The molecule has 6 heteroatoms. The third-order valence-corrected chi connectivity index (χ3v) is 3.09. The second-order valence-electron chi connectivity index (χ2n) is 4.73. The van der Waals surface area contributed by atoms with Crippen molar-refractivity contribution in [3.8, 4) is 0 Å². The van der Waals surface area contributed by atoms with E-state index >= 15 is 0 Å². The first-order valence-corrected chi connectivity index (χ1v) is 6.97. The number of carbonyl (C=O) groups excluding carboxylic acids is 1. The van der Waals surface area contributed by atoms with Crippen LogP contribution in [0.4, 0.5) is 5.82 Å². The molecule has 0 amide bonds. The predicted molar refractivity (Wildman–Crippen MR) is 79.4 cm³/mol. The number of anilines is 1. The molecule has 0 atom stereocenters. The van der Waals surface area contributed by atoms with Gasteiger partial charge in [-0.25, -0.2) is 4.98 Å². The molecule has 0 aliphatic carbocycles. The van der Waals surface area contributed by atoms with Crippen LogP contribution in [-0.2, 0) is 9.53 Å². The Morgan fingerprint density at radius 2 is 2.25 bits per heavy atom. The second-order valence-corrected chi connectivity index (χ2v) is 5.17. The number of rotatable bonds is 5. The molecule has 2 heterocycles. The van der Waals surface area contributed by atoms with E-state index in [4.69, 9.17) is 16.3 Å². The fourth-order valence-electron chi connectivity index (χ4n) is 1.98. The number of imidazole rings is 1. The van der Waals surface area contributed by atoms with E-state index in [-0.39, 0.29) is 18.4 Å². The van der Waals surface area contributed by atoms with Crippen molar-refractivity contribution in [2.45, 2.75) is 26.7 Å². The van der Waals surface area contributed by atoms with Crippen LogP contribution in [0.2, 0.25) is 5.02 Å². The van der Waals surface area contributed by atoms with Crippen LogP contribution in [0.3, 0.4) is 0 Å². The van der Waals surface area contributed by atoms with Crippen LogP contribution >= 0.6 is 11.6 Å². The van der Waals surface area contributed by atoms with Gasteiger partial charge in [0.25, 0.3) is 0 Å². The third-order valence-electron chi connectivity index (χ3n) is 2.86. The van der Waals surface area contributed by atoms with Gasteiger partial charge < -0.3 is 10.1 Å². The molecule has 0 bridgehead atoms. The highest BCUT2D eigenvalue weighted by atomic mass is 35.5. The van der Waals surface area contributed by atoms with Gasteiger partial charge in [-0.15, -0.1) is 0 Å². The van der Waals surface area contributed by atoms with E-state index in [0.717, 1.165) is 17.2 Å². The first-order valence-electron chi connectivity index (χ1n) is 6.60. The highest BCUT2D eigenvalue weighted by Gasteiger charge is 2.16. The van der Waals surface area contributed by atoms with Gasteiger partial charge in [0.1, 0.15) is 18.0 Å². The zero-order valence-corrected chi connectivity index (χ0v) is 12.6. The van der Waals surface area contributed by atoms with Crippen LogP contribution < -0.4 is 5.32 Å². The Morgan fingerprint density at radius 1 is 1.50 bits per heavy atom. The summed E-state index contributed by atoms with van der Waals surface area (Å²) < 4.78 is 6.78. The Morgan fingerprint density at radius 3 is 2.90 bits per heavy atom. The summed E-state index contributed by atoms with van der Waals surface area (Å²) in [4.78, 5) is 16.0. The van der Waals surface area contributed by atoms with Crippen LogP contribution in [-0.4, -0.2) is 28.5 Å². The zero-order chi connectivity index (χ0) is 14.7. The van der Waals surface area contributed by atoms with Crippen LogP contribution in [0.1, 0.15) is 32.4 Å². The molecule has 0 radical (unpaired) electrons. The predicted octanol–water partition coefficient (Wildman–Crippen LogP) is 3.09. The molecule has 0 spiro atoms. The van der Waals surface area contributed by atoms with E-state index in [1.54, 1.807) is 19.2 Å². The highest BCUT2D eigenvalue weighted by molar-refractivity contribution is 6.30. The Kier molecular flexibility index (Phi) is 4.49. The Bertz CT molecular complexity index is 622. The fraction of sp³-hybridized carbons (Fsp3) is 0.429. The van der Waals surface area contributed by atoms with Crippen LogP contribution in [0.25, 0.3) is 5.65 Å². The molecule has 5 nitrogen and oxygen atoms in total. The van der Waals surface area contributed by atoms with E-state index < -0.39 is 0 Å². The van der Waals surface area contributed by atoms with Gasteiger partial charge in [0.15, 0.2) is 0 Å². The smallest absolute Gasteiger partial charge is 0.325 e. The van der Waals surface area contributed by atoms with E-state index in [9.17, 15) is 4.79 Å². The van der Waals surface area contributed by atoms with Crippen molar-refractivity contribution in [1.82, 2.24) is 9.38 Å². The number of pyridine rings is 1. The molecule has 0 saturated heterocycles. The lowest BCUT2D eigenvalue weighted by atomic mass is 10.1. The number of ether oxygens (including phenoxy) is 1.